The van der Waals surface area contributed by atoms with Gasteiger partial charge in [0.25, 0.3) is 0 Å². The first-order valence-electron chi connectivity index (χ1n) is 5.95. The normalized spacial score (nSPS) is 10.9. The van der Waals surface area contributed by atoms with Crippen LogP contribution in [0.5, 0.6) is 5.75 Å². The van der Waals surface area contributed by atoms with Crippen LogP contribution in [0.25, 0.3) is 11.1 Å². The summed E-state index contributed by atoms with van der Waals surface area (Å²) in [5, 5.41) is 0. The summed E-state index contributed by atoms with van der Waals surface area (Å²) in [6.45, 7) is 6.56. The van der Waals surface area contributed by atoms with E-state index in [1.165, 1.54) is 16.8 Å². The molecule has 2 aromatic rings. The summed E-state index contributed by atoms with van der Waals surface area (Å²) < 4.78 is 7.46. The van der Waals surface area contributed by atoms with Crippen molar-refractivity contribution >= 4 is 0 Å². The highest BCUT2D eigenvalue weighted by atomic mass is 16.5. The molecule has 0 aliphatic rings. The molecule has 1 heterocycles. The standard InChI is InChI=1S/C15H19NO/c1-11(2)16-10-9-15(12(16)3)13-5-7-14(17-4)8-6-13/h5-11H,1-4H3. The zero-order chi connectivity index (χ0) is 12.4. The van der Waals surface area contributed by atoms with Crippen molar-refractivity contribution in [1.29, 1.82) is 0 Å². The van der Waals surface area contributed by atoms with Crippen molar-refractivity contribution in [2.24, 2.45) is 0 Å². The molecule has 0 atom stereocenters. The first-order chi connectivity index (χ1) is 8.13. The molecule has 0 amide bonds. The molecule has 0 unspecified atom stereocenters. The Hall–Kier alpha value is -1.70. The molecule has 0 bridgehead atoms. The molecule has 0 saturated heterocycles. The molecule has 17 heavy (non-hydrogen) atoms. The quantitative estimate of drug-likeness (QED) is 0.774. The number of rotatable bonds is 3. The largest absolute Gasteiger partial charge is 0.497 e. The van der Waals surface area contributed by atoms with E-state index in [2.05, 4.69) is 49.7 Å². The molecule has 2 nitrogen and oxygen atoms in total. The van der Waals surface area contributed by atoms with E-state index in [0.29, 0.717) is 6.04 Å². The topological polar surface area (TPSA) is 14.2 Å². The van der Waals surface area contributed by atoms with Gasteiger partial charge in [-0.3, -0.25) is 0 Å². The summed E-state index contributed by atoms with van der Waals surface area (Å²) >= 11 is 0. The van der Waals surface area contributed by atoms with Gasteiger partial charge >= 0.3 is 0 Å². The lowest BCUT2D eigenvalue weighted by molar-refractivity contribution is 0.415. The van der Waals surface area contributed by atoms with E-state index in [1.54, 1.807) is 7.11 Å². The third-order valence-electron chi connectivity index (χ3n) is 3.14. The molecule has 0 aliphatic carbocycles. The number of hydrogen-bond acceptors (Lipinski definition) is 1. The summed E-state index contributed by atoms with van der Waals surface area (Å²) in [6.07, 6.45) is 2.15. The van der Waals surface area contributed by atoms with Gasteiger partial charge in [0, 0.05) is 23.5 Å². The van der Waals surface area contributed by atoms with Crippen LogP contribution in [-0.4, -0.2) is 11.7 Å². The van der Waals surface area contributed by atoms with Crippen molar-refractivity contribution in [2.45, 2.75) is 26.8 Å². The van der Waals surface area contributed by atoms with Gasteiger partial charge in [-0.1, -0.05) is 12.1 Å². The molecule has 0 fully saturated rings. The smallest absolute Gasteiger partial charge is 0.118 e. The minimum Gasteiger partial charge on any atom is -0.497 e. The second kappa shape index (κ2) is 4.66. The summed E-state index contributed by atoms with van der Waals surface area (Å²) in [5.41, 5.74) is 3.84. The van der Waals surface area contributed by atoms with Gasteiger partial charge < -0.3 is 9.30 Å². The van der Waals surface area contributed by atoms with Gasteiger partial charge in [-0.15, -0.1) is 0 Å². The van der Waals surface area contributed by atoms with E-state index in [-0.39, 0.29) is 0 Å². The minimum atomic E-state index is 0.502. The maximum Gasteiger partial charge on any atom is 0.118 e. The van der Waals surface area contributed by atoms with Crippen molar-refractivity contribution in [3.05, 3.63) is 42.2 Å². The monoisotopic (exact) mass is 229 g/mol. The Morgan fingerprint density at radius 2 is 1.71 bits per heavy atom. The van der Waals surface area contributed by atoms with Crippen LogP contribution in [0.3, 0.4) is 0 Å². The third kappa shape index (κ3) is 2.21. The van der Waals surface area contributed by atoms with E-state index in [0.717, 1.165) is 5.75 Å². The molecule has 2 rings (SSSR count). The molecule has 2 heteroatoms. The average Bonchev–Trinajstić information content (AvgIpc) is 2.71. The fourth-order valence-corrected chi connectivity index (χ4v) is 2.16. The SMILES string of the molecule is COc1ccc(-c2ccn(C(C)C)c2C)cc1. The predicted molar refractivity (Wildman–Crippen MR) is 71.5 cm³/mol. The van der Waals surface area contributed by atoms with Gasteiger partial charge in [-0.25, -0.2) is 0 Å². The first kappa shape index (κ1) is 11.8. The van der Waals surface area contributed by atoms with Gasteiger partial charge in [-0.2, -0.15) is 0 Å². The molecule has 0 radical (unpaired) electrons. The van der Waals surface area contributed by atoms with Crippen LogP contribution in [0.4, 0.5) is 0 Å². The third-order valence-corrected chi connectivity index (χ3v) is 3.14. The lowest BCUT2D eigenvalue weighted by atomic mass is 10.1. The van der Waals surface area contributed by atoms with Crippen LogP contribution in [0, 0.1) is 6.92 Å². The lowest BCUT2D eigenvalue weighted by Crippen LogP contribution is -2.00. The molecule has 90 valence electrons. The lowest BCUT2D eigenvalue weighted by Gasteiger charge is -2.11. The fourth-order valence-electron chi connectivity index (χ4n) is 2.16. The summed E-state index contributed by atoms with van der Waals surface area (Å²) in [4.78, 5) is 0. The van der Waals surface area contributed by atoms with Crippen LogP contribution < -0.4 is 4.74 Å². The second-order valence-electron chi connectivity index (χ2n) is 4.54. The number of nitrogens with zero attached hydrogens (tertiary/aromatic N) is 1. The van der Waals surface area contributed by atoms with Crippen LogP contribution >= 0.6 is 0 Å². The number of ether oxygens (including phenoxy) is 1. The number of methoxy groups -OCH3 is 1. The van der Waals surface area contributed by atoms with Crippen molar-refractivity contribution < 1.29 is 4.74 Å². The molecule has 1 aromatic carbocycles. The van der Waals surface area contributed by atoms with Crippen LogP contribution in [0.2, 0.25) is 0 Å². The Balaban J connectivity index is 2.39. The molecule has 0 saturated carbocycles. The van der Waals surface area contributed by atoms with Crippen LogP contribution in [0.1, 0.15) is 25.6 Å². The van der Waals surface area contributed by atoms with Gasteiger partial charge in [0.05, 0.1) is 7.11 Å². The highest BCUT2D eigenvalue weighted by Crippen LogP contribution is 2.27. The number of benzene rings is 1. The van der Waals surface area contributed by atoms with Gasteiger partial charge in [0.15, 0.2) is 0 Å². The Morgan fingerprint density at radius 1 is 1.06 bits per heavy atom. The van der Waals surface area contributed by atoms with Gasteiger partial charge in [0.1, 0.15) is 5.75 Å². The summed E-state index contributed by atoms with van der Waals surface area (Å²) in [6, 6.07) is 10.9. The van der Waals surface area contributed by atoms with Crippen LogP contribution in [-0.2, 0) is 0 Å². The molecule has 1 aromatic heterocycles. The van der Waals surface area contributed by atoms with E-state index in [9.17, 15) is 0 Å². The molecular formula is C15H19NO. The van der Waals surface area contributed by atoms with Crippen molar-refractivity contribution in [2.75, 3.05) is 7.11 Å². The Bertz CT molecular complexity index is 494. The highest BCUT2D eigenvalue weighted by molar-refractivity contribution is 5.67. The molecule has 0 N–H and O–H groups in total. The summed E-state index contributed by atoms with van der Waals surface area (Å²) in [7, 11) is 1.69. The van der Waals surface area contributed by atoms with E-state index in [1.807, 2.05) is 12.1 Å². The number of aromatic nitrogens is 1. The van der Waals surface area contributed by atoms with Gasteiger partial charge in [-0.05, 0) is 44.5 Å². The molecule has 0 aliphatic heterocycles. The van der Waals surface area contributed by atoms with E-state index >= 15 is 0 Å². The Kier molecular flexibility index (Phi) is 3.23. The Labute approximate surface area is 103 Å². The maximum atomic E-state index is 5.17. The average molecular weight is 229 g/mol. The molecule has 0 spiro atoms. The van der Waals surface area contributed by atoms with E-state index < -0.39 is 0 Å². The molecular weight excluding hydrogens is 210 g/mol. The highest BCUT2D eigenvalue weighted by Gasteiger charge is 2.08. The fraction of sp³-hybridized carbons (Fsp3) is 0.333. The zero-order valence-electron chi connectivity index (χ0n) is 10.9. The minimum absolute atomic E-state index is 0.502. The summed E-state index contributed by atoms with van der Waals surface area (Å²) in [5.74, 6) is 0.898. The first-order valence-corrected chi connectivity index (χ1v) is 5.95. The zero-order valence-corrected chi connectivity index (χ0v) is 10.9. The Morgan fingerprint density at radius 3 is 2.18 bits per heavy atom. The van der Waals surface area contributed by atoms with E-state index in [4.69, 9.17) is 4.74 Å². The maximum absolute atomic E-state index is 5.17. The van der Waals surface area contributed by atoms with Crippen molar-refractivity contribution in [1.82, 2.24) is 4.57 Å². The second-order valence-corrected chi connectivity index (χ2v) is 4.54. The van der Waals surface area contributed by atoms with Crippen LogP contribution in [0.15, 0.2) is 36.5 Å². The van der Waals surface area contributed by atoms with Crippen molar-refractivity contribution in [3.63, 3.8) is 0 Å². The van der Waals surface area contributed by atoms with Crippen molar-refractivity contribution in [3.8, 4) is 16.9 Å². The predicted octanol–water partition coefficient (Wildman–Crippen LogP) is 4.05. The number of hydrogen-bond donors (Lipinski definition) is 0. The van der Waals surface area contributed by atoms with Gasteiger partial charge in [0.2, 0.25) is 0 Å².